The lowest BCUT2D eigenvalue weighted by atomic mass is 10.1. The van der Waals surface area contributed by atoms with Gasteiger partial charge in [0.2, 0.25) is 0 Å². The normalized spacial score (nSPS) is 14.6. The lowest BCUT2D eigenvalue weighted by Gasteiger charge is -2.09. The molecule has 0 aliphatic rings. The number of fused-ring (bicyclic) bond motifs is 1. The second-order valence-electron chi connectivity index (χ2n) is 3.32. The molecule has 0 aliphatic carbocycles. The van der Waals surface area contributed by atoms with E-state index < -0.39 is 12.2 Å². The number of nitrogens with one attached hydrogen (secondary N) is 1. The third-order valence-corrected chi connectivity index (χ3v) is 2.77. The zero-order valence-electron chi connectivity index (χ0n) is 8.05. The van der Waals surface area contributed by atoms with Crippen LogP contribution in [0.2, 0.25) is 0 Å². The van der Waals surface area contributed by atoms with Gasteiger partial charge in [-0.2, -0.15) is 10.4 Å². The first kappa shape index (κ1) is 11.1. The van der Waals surface area contributed by atoms with E-state index in [-0.39, 0.29) is 0 Å². The summed E-state index contributed by atoms with van der Waals surface area (Å²) in [5.41, 5.74) is 1.00. The first-order chi connectivity index (χ1) is 7.63. The fourth-order valence-electron chi connectivity index (χ4n) is 1.46. The highest BCUT2D eigenvalue weighted by molar-refractivity contribution is 9.10. The molecule has 0 fully saturated rings. The Morgan fingerprint density at radius 2 is 2.19 bits per heavy atom. The maximum absolute atomic E-state index is 9.69. The van der Waals surface area contributed by atoms with Crippen LogP contribution in [0.15, 0.2) is 22.7 Å². The first-order valence-corrected chi connectivity index (χ1v) is 5.32. The quantitative estimate of drug-likeness (QED) is 0.722. The van der Waals surface area contributed by atoms with Crippen molar-refractivity contribution in [3.63, 3.8) is 0 Å². The van der Waals surface area contributed by atoms with Crippen LogP contribution in [-0.2, 0) is 0 Å². The van der Waals surface area contributed by atoms with Gasteiger partial charge in [-0.25, -0.2) is 0 Å². The van der Waals surface area contributed by atoms with Crippen LogP contribution in [0.4, 0.5) is 0 Å². The number of nitriles is 1. The fourth-order valence-corrected chi connectivity index (χ4v) is 1.81. The molecule has 2 rings (SSSR count). The zero-order chi connectivity index (χ0) is 11.7. The second kappa shape index (κ2) is 4.22. The molecule has 0 spiro atoms. The standard InChI is InChI=1S/C10H8BrN3O2/c11-5-1-2-6-7(3-5)13-14-9(6)10(16)8(15)4-12/h1-3,8,10,15-16H,(H,13,14). The number of hydrogen-bond acceptors (Lipinski definition) is 4. The molecular formula is C10H8BrN3O2. The Balaban J connectivity index is 2.51. The van der Waals surface area contributed by atoms with Crippen LogP contribution in [0.25, 0.3) is 10.9 Å². The van der Waals surface area contributed by atoms with Gasteiger partial charge in [0.1, 0.15) is 6.10 Å². The van der Waals surface area contributed by atoms with Crippen molar-refractivity contribution >= 4 is 26.8 Å². The number of aromatic nitrogens is 2. The van der Waals surface area contributed by atoms with Gasteiger partial charge >= 0.3 is 0 Å². The lowest BCUT2D eigenvalue weighted by Crippen LogP contribution is -2.16. The number of aromatic amines is 1. The van der Waals surface area contributed by atoms with E-state index in [0.29, 0.717) is 16.6 Å². The maximum atomic E-state index is 9.69. The topological polar surface area (TPSA) is 92.9 Å². The molecule has 0 saturated heterocycles. The Bertz CT molecular complexity index is 561. The summed E-state index contributed by atoms with van der Waals surface area (Å²) in [5.74, 6) is 0. The molecule has 6 heteroatoms. The fraction of sp³-hybridized carbons (Fsp3) is 0.200. The molecule has 0 amide bonds. The zero-order valence-corrected chi connectivity index (χ0v) is 9.64. The molecule has 2 atom stereocenters. The molecule has 2 unspecified atom stereocenters. The summed E-state index contributed by atoms with van der Waals surface area (Å²) >= 11 is 3.30. The smallest absolute Gasteiger partial charge is 0.171 e. The van der Waals surface area contributed by atoms with Crippen LogP contribution >= 0.6 is 15.9 Å². The molecular weight excluding hydrogens is 274 g/mol. The van der Waals surface area contributed by atoms with Crippen molar-refractivity contribution in [3.05, 3.63) is 28.4 Å². The highest BCUT2D eigenvalue weighted by Crippen LogP contribution is 2.26. The Labute approximate surface area is 99.5 Å². The molecule has 0 radical (unpaired) electrons. The van der Waals surface area contributed by atoms with Crippen LogP contribution in [0.3, 0.4) is 0 Å². The Kier molecular flexibility index (Phi) is 2.92. The molecule has 0 bridgehead atoms. The predicted octanol–water partition coefficient (Wildman–Crippen LogP) is 1.24. The summed E-state index contributed by atoms with van der Waals surface area (Å²) in [7, 11) is 0. The van der Waals surface area contributed by atoms with Crippen molar-refractivity contribution in [3.8, 4) is 6.07 Å². The van der Waals surface area contributed by atoms with E-state index in [4.69, 9.17) is 5.26 Å². The minimum absolute atomic E-state index is 0.344. The number of benzene rings is 1. The van der Waals surface area contributed by atoms with Gasteiger partial charge in [0, 0.05) is 9.86 Å². The molecule has 1 heterocycles. The van der Waals surface area contributed by atoms with E-state index in [2.05, 4.69) is 26.1 Å². The summed E-state index contributed by atoms with van der Waals surface area (Å²) < 4.78 is 0.869. The van der Waals surface area contributed by atoms with Gasteiger partial charge in [0.25, 0.3) is 0 Å². The number of nitrogens with zero attached hydrogens (tertiary/aromatic N) is 2. The van der Waals surface area contributed by atoms with Crippen molar-refractivity contribution in [1.82, 2.24) is 10.2 Å². The molecule has 1 aromatic heterocycles. The number of halogens is 1. The van der Waals surface area contributed by atoms with Gasteiger partial charge in [0.15, 0.2) is 6.10 Å². The van der Waals surface area contributed by atoms with Crippen molar-refractivity contribution in [2.45, 2.75) is 12.2 Å². The summed E-state index contributed by atoms with van der Waals surface area (Å²) in [6.45, 7) is 0. The monoisotopic (exact) mass is 281 g/mol. The Morgan fingerprint density at radius 1 is 1.44 bits per heavy atom. The highest BCUT2D eigenvalue weighted by Gasteiger charge is 2.21. The minimum Gasteiger partial charge on any atom is -0.383 e. The third kappa shape index (κ3) is 1.80. The largest absolute Gasteiger partial charge is 0.383 e. The number of hydrogen-bond donors (Lipinski definition) is 3. The van der Waals surface area contributed by atoms with E-state index >= 15 is 0 Å². The van der Waals surface area contributed by atoms with Crippen LogP contribution in [0, 0.1) is 11.3 Å². The molecule has 2 aromatic rings. The van der Waals surface area contributed by atoms with Crippen molar-refractivity contribution in [2.24, 2.45) is 0 Å². The molecule has 5 nitrogen and oxygen atoms in total. The van der Waals surface area contributed by atoms with Gasteiger partial charge in [-0.1, -0.05) is 15.9 Å². The predicted molar refractivity (Wildman–Crippen MR) is 60.4 cm³/mol. The van der Waals surface area contributed by atoms with E-state index in [0.717, 1.165) is 4.47 Å². The number of aliphatic hydroxyl groups is 2. The van der Waals surface area contributed by atoms with Crippen LogP contribution < -0.4 is 0 Å². The van der Waals surface area contributed by atoms with Crippen molar-refractivity contribution in [1.29, 1.82) is 5.26 Å². The van der Waals surface area contributed by atoms with Crippen molar-refractivity contribution < 1.29 is 10.2 Å². The van der Waals surface area contributed by atoms with Crippen molar-refractivity contribution in [2.75, 3.05) is 0 Å². The van der Waals surface area contributed by atoms with Crippen LogP contribution in [0.1, 0.15) is 11.8 Å². The van der Waals surface area contributed by atoms with Gasteiger partial charge in [-0.15, -0.1) is 0 Å². The van der Waals surface area contributed by atoms with Gasteiger partial charge in [-0.3, -0.25) is 5.10 Å². The number of rotatable bonds is 2. The van der Waals surface area contributed by atoms with Gasteiger partial charge in [-0.05, 0) is 18.2 Å². The molecule has 1 aromatic carbocycles. The van der Waals surface area contributed by atoms with Gasteiger partial charge < -0.3 is 10.2 Å². The summed E-state index contributed by atoms with van der Waals surface area (Å²) in [4.78, 5) is 0. The number of H-pyrrole nitrogens is 1. The second-order valence-corrected chi connectivity index (χ2v) is 4.23. The maximum Gasteiger partial charge on any atom is 0.171 e. The van der Waals surface area contributed by atoms with E-state index in [1.54, 1.807) is 24.3 Å². The Morgan fingerprint density at radius 3 is 2.88 bits per heavy atom. The molecule has 3 N–H and O–H groups in total. The molecule has 16 heavy (non-hydrogen) atoms. The number of aliphatic hydroxyl groups excluding tert-OH is 2. The lowest BCUT2D eigenvalue weighted by molar-refractivity contribution is 0.0508. The van der Waals surface area contributed by atoms with E-state index in [1.165, 1.54) is 0 Å². The van der Waals surface area contributed by atoms with Crippen LogP contribution in [-0.4, -0.2) is 26.5 Å². The molecule has 82 valence electrons. The average Bonchev–Trinajstić information content (AvgIpc) is 2.69. The summed E-state index contributed by atoms with van der Waals surface area (Å²) in [6.07, 6.45) is -2.75. The van der Waals surface area contributed by atoms with E-state index in [1.807, 2.05) is 0 Å². The van der Waals surface area contributed by atoms with Gasteiger partial charge in [0.05, 0.1) is 17.3 Å². The summed E-state index contributed by atoms with van der Waals surface area (Å²) in [6, 6.07) is 6.91. The Hall–Kier alpha value is -1.42. The third-order valence-electron chi connectivity index (χ3n) is 2.27. The average molecular weight is 282 g/mol. The SMILES string of the molecule is N#CC(O)C(O)c1[nH]nc2cc(Br)ccc12. The molecule has 0 aliphatic heterocycles. The first-order valence-electron chi connectivity index (χ1n) is 4.52. The molecule has 0 saturated carbocycles. The minimum atomic E-state index is -1.47. The summed E-state index contributed by atoms with van der Waals surface area (Å²) in [5, 5.41) is 34.7. The van der Waals surface area contributed by atoms with E-state index in [9.17, 15) is 10.2 Å². The highest BCUT2D eigenvalue weighted by atomic mass is 79.9. The van der Waals surface area contributed by atoms with Crippen LogP contribution in [0.5, 0.6) is 0 Å².